The molecule has 1 heterocycles. The maximum atomic E-state index is 11.4. The number of carbonyl (C=O) groups is 2. The van der Waals surface area contributed by atoms with Crippen molar-refractivity contribution in [3.8, 4) is 0 Å². The molecule has 2 N–H and O–H groups in total. The Morgan fingerprint density at radius 3 is 2.56 bits per heavy atom. The van der Waals surface area contributed by atoms with Crippen molar-refractivity contribution in [2.75, 3.05) is 0 Å². The van der Waals surface area contributed by atoms with Gasteiger partial charge in [0.15, 0.2) is 0 Å². The minimum absolute atomic E-state index is 0.391. The Hall–Kier alpha value is -1.32. The van der Waals surface area contributed by atoms with Crippen LogP contribution in [0.25, 0.3) is 0 Å². The van der Waals surface area contributed by atoms with Crippen LogP contribution in [0.1, 0.15) is 38.5 Å². The molecule has 3 unspecified atom stereocenters. The Morgan fingerprint density at radius 1 is 1.28 bits per heavy atom. The first-order valence-corrected chi connectivity index (χ1v) is 6.74. The van der Waals surface area contributed by atoms with E-state index in [2.05, 4.69) is 6.42 Å². The fraction of sp³-hybridized carbons (Fsp3) is 0.643. The summed E-state index contributed by atoms with van der Waals surface area (Å²) in [6, 6.07) is -0.444. The van der Waals surface area contributed by atoms with Crippen LogP contribution in [-0.4, -0.2) is 23.3 Å². The van der Waals surface area contributed by atoms with Gasteiger partial charge in [-0.2, -0.15) is 0 Å². The summed E-state index contributed by atoms with van der Waals surface area (Å²) in [5.41, 5.74) is 7.82. The van der Waals surface area contributed by atoms with Gasteiger partial charge in [-0.25, -0.2) is 0 Å². The van der Waals surface area contributed by atoms with Crippen LogP contribution < -0.4 is 5.73 Å². The molecule has 4 heteroatoms. The number of likely N-dealkylation sites (tertiary alicyclic amines) is 1. The van der Waals surface area contributed by atoms with E-state index in [-0.39, 0.29) is 0 Å². The first kappa shape index (κ1) is 11.8. The maximum absolute atomic E-state index is 11.4. The fourth-order valence-electron chi connectivity index (χ4n) is 3.60. The molecule has 2 radical (unpaired) electrons. The topological polar surface area (TPSA) is 63.4 Å². The van der Waals surface area contributed by atoms with Gasteiger partial charge in [0.1, 0.15) is 6.04 Å². The SMILES string of the molecule is NC(=O)C1CCCC(=C2C3[C]C2CCC3)N1C=O. The molecule has 3 atom stereocenters. The largest absolute Gasteiger partial charge is 0.368 e. The third kappa shape index (κ3) is 1.66. The molecule has 1 aliphatic heterocycles. The van der Waals surface area contributed by atoms with Gasteiger partial charge in [0.25, 0.3) is 0 Å². The highest BCUT2D eigenvalue weighted by molar-refractivity contribution is 5.83. The van der Waals surface area contributed by atoms with Crippen molar-refractivity contribution in [1.29, 1.82) is 0 Å². The molecule has 2 amide bonds. The van der Waals surface area contributed by atoms with Crippen LogP contribution in [0.5, 0.6) is 0 Å². The first-order valence-electron chi connectivity index (χ1n) is 6.74. The zero-order chi connectivity index (χ0) is 12.7. The number of piperidine rings is 1. The number of primary amides is 1. The lowest BCUT2D eigenvalue weighted by molar-refractivity contribution is -0.130. The van der Waals surface area contributed by atoms with Gasteiger partial charge in [-0.05, 0) is 55.9 Å². The summed E-state index contributed by atoms with van der Waals surface area (Å²) in [5, 5.41) is 0. The van der Waals surface area contributed by atoms with Gasteiger partial charge in [0.05, 0.1) is 0 Å². The van der Waals surface area contributed by atoms with Crippen LogP contribution in [0.3, 0.4) is 0 Å². The second-order valence-corrected chi connectivity index (χ2v) is 5.43. The molecule has 0 aromatic rings. The van der Waals surface area contributed by atoms with Gasteiger partial charge in [-0.3, -0.25) is 9.59 Å². The monoisotopic (exact) mass is 246 g/mol. The normalized spacial score (nSPS) is 35.1. The molecule has 4 nitrogen and oxygen atoms in total. The van der Waals surface area contributed by atoms with E-state index in [9.17, 15) is 9.59 Å². The van der Waals surface area contributed by atoms with E-state index in [1.165, 1.54) is 12.0 Å². The summed E-state index contributed by atoms with van der Waals surface area (Å²) < 4.78 is 0. The standard InChI is InChI=1S/C14H18N2O2/c15-14(18)12-6-2-5-11(16(12)8-17)13-9-3-1-4-10(13)7-9/h8-10,12H,1-6H2,(H2,15,18). The van der Waals surface area contributed by atoms with E-state index in [0.717, 1.165) is 37.8 Å². The lowest BCUT2D eigenvalue weighted by atomic mass is 9.60. The number of hydrogen-bond donors (Lipinski definition) is 1. The molecular weight excluding hydrogens is 228 g/mol. The molecule has 2 bridgehead atoms. The van der Waals surface area contributed by atoms with Gasteiger partial charge in [-0.1, -0.05) is 6.42 Å². The Labute approximate surface area is 107 Å². The lowest BCUT2D eigenvalue weighted by Crippen LogP contribution is -2.48. The van der Waals surface area contributed by atoms with Crippen molar-refractivity contribution in [3.05, 3.63) is 17.7 Å². The van der Waals surface area contributed by atoms with Crippen LogP contribution in [0.2, 0.25) is 0 Å². The van der Waals surface area contributed by atoms with E-state index in [0.29, 0.717) is 18.3 Å². The average molecular weight is 246 g/mol. The van der Waals surface area contributed by atoms with Crippen LogP contribution in [-0.2, 0) is 9.59 Å². The maximum Gasteiger partial charge on any atom is 0.240 e. The number of fused-ring (bicyclic) bond motifs is 2. The van der Waals surface area contributed by atoms with Crippen LogP contribution in [0.4, 0.5) is 0 Å². The second-order valence-electron chi connectivity index (χ2n) is 5.43. The molecule has 96 valence electrons. The van der Waals surface area contributed by atoms with Gasteiger partial charge < -0.3 is 10.6 Å². The Morgan fingerprint density at radius 2 is 2.00 bits per heavy atom. The van der Waals surface area contributed by atoms with Gasteiger partial charge in [0, 0.05) is 5.70 Å². The van der Waals surface area contributed by atoms with Crippen molar-refractivity contribution in [2.45, 2.75) is 44.6 Å². The van der Waals surface area contributed by atoms with Crippen molar-refractivity contribution in [2.24, 2.45) is 17.6 Å². The summed E-state index contributed by atoms with van der Waals surface area (Å²) in [6.45, 7) is 0. The minimum Gasteiger partial charge on any atom is -0.368 e. The van der Waals surface area contributed by atoms with E-state index in [1.54, 1.807) is 4.90 Å². The van der Waals surface area contributed by atoms with E-state index >= 15 is 0 Å². The highest BCUT2D eigenvalue weighted by Crippen LogP contribution is 2.52. The highest BCUT2D eigenvalue weighted by Gasteiger charge is 2.43. The Bertz CT molecular complexity index is 400. The number of nitrogens with zero attached hydrogens (tertiary/aromatic N) is 1. The molecule has 2 aliphatic carbocycles. The Kier molecular flexibility index (Phi) is 2.88. The van der Waals surface area contributed by atoms with Crippen molar-refractivity contribution in [3.63, 3.8) is 0 Å². The second kappa shape index (κ2) is 4.41. The quantitative estimate of drug-likeness (QED) is 0.745. The molecule has 0 aromatic heterocycles. The van der Waals surface area contributed by atoms with Gasteiger partial charge in [-0.15, -0.1) is 0 Å². The first-order chi connectivity index (χ1) is 8.72. The summed E-state index contributed by atoms with van der Waals surface area (Å²) >= 11 is 0. The summed E-state index contributed by atoms with van der Waals surface area (Å²) in [5.74, 6) is 0.456. The third-order valence-electron chi connectivity index (χ3n) is 4.45. The molecule has 2 saturated carbocycles. The molecule has 3 rings (SSSR count). The molecule has 0 spiro atoms. The smallest absolute Gasteiger partial charge is 0.240 e. The summed E-state index contributed by atoms with van der Waals surface area (Å²) in [6.07, 6.45) is 10.3. The van der Waals surface area contributed by atoms with Crippen LogP contribution in [0, 0.1) is 18.3 Å². The Balaban J connectivity index is 1.93. The molecule has 0 aromatic carbocycles. The highest BCUT2D eigenvalue weighted by atomic mass is 16.2. The number of nitrogens with two attached hydrogens (primary N) is 1. The number of amides is 2. The summed E-state index contributed by atoms with van der Waals surface area (Å²) in [4.78, 5) is 24.3. The zero-order valence-corrected chi connectivity index (χ0v) is 10.4. The lowest BCUT2D eigenvalue weighted by Gasteiger charge is -2.48. The summed E-state index contributed by atoms with van der Waals surface area (Å²) in [7, 11) is 0. The van der Waals surface area contributed by atoms with Gasteiger partial charge in [0.2, 0.25) is 12.3 Å². The third-order valence-corrected chi connectivity index (χ3v) is 4.45. The predicted molar refractivity (Wildman–Crippen MR) is 65.8 cm³/mol. The molecule has 1 saturated heterocycles. The predicted octanol–water partition coefficient (Wildman–Crippen LogP) is 1.25. The van der Waals surface area contributed by atoms with Crippen LogP contribution >= 0.6 is 0 Å². The van der Waals surface area contributed by atoms with Crippen molar-refractivity contribution >= 4 is 12.3 Å². The number of hydrogen-bond acceptors (Lipinski definition) is 2. The molecule has 18 heavy (non-hydrogen) atoms. The van der Waals surface area contributed by atoms with Crippen molar-refractivity contribution in [1.82, 2.24) is 4.90 Å². The average Bonchev–Trinajstić information content (AvgIpc) is 2.39. The van der Waals surface area contributed by atoms with Crippen molar-refractivity contribution < 1.29 is 9.59 Å². The van der Waals surface area contributed by atoms with E-state index < -0.39 is 11.9 Å². The van der Waals surface area contributed by atoms with E-state index in [4.69, 9.17) is 5.73 Å². The van der Waals surface area contributed by atoms with Gasteiger partial charge >= 0.3 is 0 Å². The molecule has 3 aliphatic rings. The molecule has 3 fully saturated rings. The fourth-order valence-corrected chi connectivity index (χ4v) is 3.60. The zero-order valence-electron chi connectivity index (χ0n) is 10.4. The molecular formula is C14H18N2O2. The minimum atomic E-state index is -0.444. The van der Waals surface area contributed by atoms with Crippen LogP contribution in [0.15, 0.2) is 11.3 Å². The number of rotatable bonds is 2. The number of allylic oxidation sites excluding steroid dienone is 2. The van der Waals surface area contributed by atoms with E-state index in [1.807, 2.05) is 0 Å². The number of carbonyl (C=O) groups excluding carboxylic acids is 2.